The van der Waals surface area contributed by atoms with Crippen molar-refractivity contribution in [3.63, 3.8) is 0 Å². The summed E-state index contributed by atoms with van der Waals surface area (Å²) in [7, 11) is 2.02. The third-order valence-electron chi connectivity index (χ3n) is 6.62. The van der Waals surface area contributed by atoms with Crippen LogP contribution in [0.5, 0.6) is 11.5 Å². The van der Waals surface area contributed by atoms with Gasteiger partial charge in [-0.2, -0.15) is 0 Å². The van der Waals surface area contributed by atoms with Crippen LogP contribution in [0, 0.1) is 0 Å². The summed E-state index contributed by atoms with van der Waals surface area (Å²) < 4.78 is 12.0. The molecule has 0 saturated carbocycles. The van der Waals surface area contributed by atoms with Crippen molar-refractivity contribution in [1.82, 2.24) is 4.98 Å². The Hall–Kier alpha value is -4.26. The maximum Gasteiger partial charge on any atom is 0.321 e. The maximum absolute atomic E-state index is 13.5. The minimum absolute atomic E-state index is 0.145. The van der Waals surface area contributed by atoms with Crippen LogP contribution in [0.2, 0.25) is 0 Å². The molecule has 5 rings (SSSR count). The Morgan fingerprint density at radius 2 is 1.86 bits per heavy atom. The van der Waals surface area contributed by atoms with E-state index in [1.54, 1.807) is 48.7 Å². The molecule has 0 spiro atoms. The zero-order valence-electron chi connectivity index (χ0n) is 19.5. The summed E-state index contributed by atoms with van der Waals surface area (Å²) in [5, 5.41) is 10.8. The smallest absolute Gasteiger partial charge is 0.321 e. The molecular formula is C28H26N2O5. The molecule has 1 aromatic heterocycles. The Morgan fingerprint density at radius 3 is 2.63 bits per heavy atom. The third kappa shape index (κ3) is 3.99. The lowest BCUT2D eigenvalue weighted by molar-refractivity contribution is -0.141. The highest BCUT2D eigenvalue weighted by atomic mass is 16.5. The highest BCUT2D eigenvalue weighted by molar-refractivity contribution is 6.18. The Bertz CT molecular complexity index is 1390. The maximum atomic E-state index is 13.5. The zero-order chi connectivity index (χ0) is 24.6. The number of ether oxygens (including phenoxy) is 2. The first-order valence-corrected chi connectivity index (χ1v) is 11.4. The van der Waals surface area contributed by atoms with E-state index in [-0.39, 0.29) is 6.10 Å². The number of nitrogens with zero attached hydrogens (tertiary/aromatic N) is 1. The molecule has 2 N–H and O–H groups in total. The number of carbonyl (C=O) groups is 2. The number of aliphatic carboxylic acids is 1. The van der Waals surface area contributed by atoms with Gasteiger partial charge in [0.25, 0.3) is 0 Å². The number of carboxylic acid groups (broad SMARTS) is 1. The fourth-order valence-electron chi connectivity index (χ4n) is 4.62. The highest BCUT2D eigenvalue weighted by Crippen LogP contribution is 2.35. The van der Waals surface area contributed by atoms with Gasteiger partial charge >= 0.3 is 5.97 Å². The van der Waals surface area contributed by atoms with Crippen LogP contribution in [-0.2, 0) is 10.2 Å². The standard InChI is InChI=1S/C28H26N2O5/c1-28(27(32)33,22-6-5-7-23-21(22)14-15-29-23)26(31)18-10-12-19(13-11-18)34-17-20-16-30(2)24-8-3-4-9-25(24)35-20/h3-15,20,29H,16-17H2,1-2H3,(H,32,33)/t20-,28?/m0/s1. The van der Waals surface area contributed by atoms with Crippen LogP contribution in [0.3, 0.4) is 0 Å². The van der Waals surface area contributed by atoms with Crippen molar-refractivity contribution in [2.45, 2.75) is 18.4 Å². The van der Waals surface area contributed by atoms with Crippen LogP contribution >= 0.6 is 0 Å². The Morgan fingerprint density at radius 1 is 1.09 bits per heavy atom. The third-order valence-corrected chi connectivity index (χ3v) is 6.62. The van der Waals surface area contributed by atoms with E-state index in [4.69, 9.17) is 9.47 Å². The molecule has 1 unspecified atom stereocenters. The monoisotopic (exact) mass is 470 g/mol. The Kier molecular flexibility index (Phi) is 5.68. The zero-order valence-corrected chi connectivity index (χ0v) is 19.5. The van der Waals surface area contributed by atoms with Crippen molar-refractivity contribution < 1.29 is 24.2 Å². The number of fused-ring (bicyclic) bond motifs is 2. The second kappa shape index (κ2) is 8.83. The van der Waals surface area contributed by atoms with Gasteiger partial charge in [-0.15, -0.1) is 0 Å². The second-order valence-electron chi connectivity index (χ2n) is 8.93. The molecule has 0 aliphatic carbocycles. The van der Waals surface area contributed by atoms with Gasteiger partial charge in [-0.1, -0.05) is 24.3 Å². The summed E-state index contributed by atoms with van der Waals surface area (Å²) in [6.07, 6.45) is 1.59. The minimum atomic E-state index is -1.74. The number of ketones is 1. The van der Waals surface area contributed by atoms with Crippen molar-refractivity contribution in [2.24, 2.45) is 0 Å². The molecule has 2 heterocycles. The van der Waals surface area contributed by atoms with E-state index < -0.39 is 17.2 Å². The number of para-hydroxylation sites is 2. The van der Waals surface area contributed by atoms with Gasteiger partial charge in [0.05, 0.1) is 12.2 Å². The van der Waals surface area contributed by atoms with Crippen LogP contribution < -0.4 is 14.4 Å². The van der Waals surface area contributed by atoms with Crippen molar-refractivity contribution in [1.29, 1.82) is 0 Å². The van der Waals surface area contributed by atoms with Crippen LogP contribution in [0.15, 0.2) is 79.0 Å². The van der Waals surface area contributed by atoms with Crippen LogP contribution in [-0.4, -0.2) is 48.1 Å². The first kappa shape index (κ1) is 22.5. The van der Waals surface area contributed by atoms with Gasteiger partial charge in [-0.3, -0.25) is 9.59 Å². The van der Waals surface area contributed by atoms with E-state index in [0.29, 0.717) is 35.4 Å². The number of hydrogen-bond acceptors (Lipinski definition) is 5. The first-order valence-electron chi connectivity index (χ1n) is 11.4. The molecule has 7 nitrogen and oxygen atoms in total. The second-order valence-corrected chi connectivity index (χ2v) is 8.93. The van der Waals surface area contributed by atoms with E-state index in [1.807, 2.05) is 37.4 Å². The number of rotatable bonds is 7. The van der Waals surface area contributed by atoms with E-state index in [0.717, 1.165) is 17.0 Å². The summed E-state index contributed by atoms with van der Waals surface area (Å²) in [5.41, 5.74) is 0.844. The molecule has 0 fully saturated rings. The lowest BCUT2D eigenvalue weighted by Crippen LogP contribution is -2.41. The average molecular weight is 471 g/mol. The number of aromatic amines is 1. The molecule has 2 atom stereocenters. The SMILES string of the molecule is CN1C[C@@H](COc2ccc(C(=O)C(C)(C(=O)O)c3cccc4[nH]ccc34)cc2)Oc2ccccc21. The van der Waals surface area contributed by atoms with Gasteiger partial charge in [0.15, 0.2) is 11.2 Å². The number of hydrogen-bond donors (Lipinski definition) is 2. The van der Waals surface area contributed by atoms with Crippen molar-refractivity contribution >= 4 is 28.3 Å². The molecule has 0 bridgehead atoms. The molecule has 0 saturated heterocycles. The van der Waals surface area contributed by atoms with Gasteiger partial charge < -0.3 is 24.5 Å². The minimum Gasteiger partial charge on any atom is -0.490 e. The van der Waals surface area contributed by atoms with Crippen molar-refractivity contribution in [2.75, 3.05) is 25.1 Å². The fraction of sp³-hybridized carbons (Fsp3) is 0.214. The predicted octanol–water partition coefficient (Wildman–Crippen LogP) is 4.67. The highest BCUT2D eigenvalue weighted by Gasteiger charge is 2.44. The van der Waals surface area contributed by atoms with Gasteiger partial charge in [-0.05, 0) is 61.0 Å². The summed E-state index contributed by atoms with van der Waals surface area (Å²) in [5.74, 6) is -0.285. The van der Waals surface area contributed by atoms with E-state index in [1.165, 1.54) is 6.92 Å². The number of Topliss-reactive ketones (excluding diaryl/α,β-unsaturated/α-hetero) is 1. The molecule has 1 aliphatic heterocycles. The fourth-order valence-corrected chi connectivity index (χ4v) is 4.62. The molecule has 0 amide bonds. The molecule has 35 heavy (non-hydrogen) atoms. The number of likely N-dealkylation sites (N-methyl/N-ethyl adjacent to an activating group) is 1. The lowest BCUT2D eigenvalue weighted by Gasteiger charge is -2.33. The number of aromatic nitrogens is 1. The van der Waals surface area contributed by atoms with E-state index in [2.05, 4.69) is 9.88 Å². The number of nitrogens with one attached hydrogen (secondary N) is 1. The van der Waals surface area contributed by atoms with Crippen LogP contribution in [0.1, 0.15) is 22.8 Å². The lowest BCUT2D eigenvalue weighted by atomic mass is 9.75. The van der Waals surface area contributed by atoms with E-state index >= 15 is 0 Å². The van der Waals surface area contributed by atoms with Crippen LogP contribution in [0.25, 0.3) is 10.9 Å². The summed E-state index contributed by atoms with van der Waals surface area (Å²) in [4.78, 5) is 31.1. The van der Waals surface area contributed by atoms with Gasteiger partial charge in [0, 0.05) is 29.7 Å². The molecule has 7 heteroatoms. The number of anilines is 1. The van der Waals surface area contributed by atoms with Gasteiger partial charge in [0.2, 0.25) is 0 Å². The number of benzene rings is 3. The quantitative estimate of drug-likeness (QED) is 0.301. The first-order chi connectivity index (χ1) is 16.9. The Balaban J connectivity index is 1.32. The average Bonchev–Trinajstić information content (AvgIpc) is 3.36. The van der Waals surface area contributed by atoms with Crippen molar-refractivity contribution in [3.8, 4) is 11.5 Å². The number of carboxylic acids is 1. The molecule has 178 valence electrons. The van der Waals surface area contributed by atoms with Crippen LogP contribution in [0.4, 0.5) is 5.69 Å². The van der Waals surface area contributed by atoms with E-state index in [9.17, 15) is 14.7 Å². The van der Waals surface area contributed by atoms with Crippen molar-refractivity contribution in [3.05, 3.63) is 90.1 Å². The summed E-state index contributed by atoms with van der Waals surface area (Å²) in [6.45, 7) is 2.49. The Labute approximate surface area is 202 Å². The molecule has 4 aromatic rings. The molecule has 0 radical (unpaired) electrons. The molecule has 3 aromatic carbocycles. The number of H-pyrrole nitrogens is 1. The normalized spacial score (nSPS) is 16.7. The number of carbonyl (C=O) groups excluding carboxylic acids is 1. The topological polar surface area (TPSA) is 91.9 Å². The molecule has 1 aliphatic rings. The summed E-state index contributed by atoms with van der Waals surface area (Å²) >= 11 is 0. The largest absolute Gasteiger partial charge is 0.490 e. The summed E-state index contributed by atoms with van der Waals surface area (Å²) in [6, 6.07) is 21.6. The predicted molar refractivity (Wildman–Crippen MR) is 134 cm³/mol. The molecular weight excluding hydrogens is 444 g/mol. The van der Waals surface area contributed by atoms with Gasteiger partial charge in [-0.25, -0.2) is 0 Å². The van der Waals surface area contributed by atoms with Gasteiger partial charge in [0.1, 0.15) is 24.2 Å².